The van der Waals surface area contributed by atoms with Crippen LogP contribution in [0.5, 0.6) is 0 Å². The summed E-state index contributed by atoms with van der Waals surface area (Å²) in [6.45, 7) is 6.01. The molecule has 0 unspecified atom stereocenters. The van der Waals surface area contributed by atoms with Crippen molar-refractivity contribution in [2.24, 2.45) is 4.99 Å². The second-order valence-electron chi connectivity index (χ2n) is 5.50. The van der Waals surface area contributed by atoms with E-state index >= 15 is 0 Å². The Morgan fingerprint density at radius 1 is 1.20 bits per heavy atom. The van der Waals surface area contributed by atoms with Crippen LogP contribution in [-0.4, -0.2) is 30.6 Å². The predicted molar refractivity (Wildman–Crippen MR) is 99.2 cm³/mol. The van der Waals surface area contributed by atoms with Crippen LogP contribution in [0.25, 0.3) is 0 Å². The average Bonchev–Trinajstić information content (AvgIpc) is 3.05. The largest absolute Gasteiger partial charge is 0.357 e. The second kappa shape index (κ2) is 10.1. The summed E-state index contributed by atoms with van der Waals surface area (Å²) in [6.07, 6.45) is 4.19. The van der Waals surface area contributed by atoms with E-state index in [0.29, 0.717) is 31.0 Å². The first-order valence-electron chi connectivity index (χ1n) is 8.52. The van der Waals surface area contributed by atoms with E-state index in [1.165, 1.54) is 17.0 Å². The lowest BCUT2D eigenvalue weighted by Gasteiger charge is -2.11. The molecular formula is C18H24F2N4S. The molecule has 0 bridgehead atoms. The number of halogens is 2. The van der Waals surface area contributed by atoms with Crippen molar-refractivity contribution >= 4 is 17.3 Å². The Kier molecular flexibility index (Phi) is 7.78. The van der Waals surface area contributed by atoms with Crippen molar-refractivity contribution in [3.63, 3.8) is 0 Å². The molecule has 2 rings (SSSR count). The van der Waals surface area contributed by atoms with Gasteiger partial charge in [0.1, 0.15) is 11.6 Å². The molecule has 4 nitrogen and oxygen atoms in total. The van der Waals surface area contributed by atoms with Crippen molar-refractivity contribution in [1.29, 1.82) is 0 Å². The number of aryl methyl sites for hydroxylation is 1. The first-order valence-corrected chi connectivity index (χ1v) is 9.33. The third-order valence-corrected chi connectivity index (χ3v) is 4.79. The SMILES string of the molecule is CCNC(=NCCc1ncc(CC)s1)NCCc1ccc(F)cc1F. The topological polar surface area (TPSA) is 49.3 Å². The summed E-state index contributed by atoms with van der Waals surface area (Å²) in [7, 11) is 0. The fraction of sp³-hybridized carbons (Fsp3) is 0.444. The minimum absolute atomic E-state index is 0.461. The van der Waals surface area contributed by atoms with Gasteiger partial charge in [0.15, 0.2) is 5.96 Å². The van der Waals surface area contributed by atoms with Gasteiger partial charge in [0, 0.05) is 43.2 Å². The van der Waals surface area contributed by atoms with Gasteiger partial charge in [-0.1, -0.05) is 13.0 Å². The number of benzene rings is 1. The fourth-order valence-electron chi connectivity index (χ4n) is 2.27. The van der Waals surface area contributed by atoms with Crippen LogP contribution in [-0.2, 0) is 19.3 Å². The lowest BCUT2D eigenvalue weighted by Crippen LogP contribution is -2.38. The zero-order chi connectivity index (χ0) is 18.1. The highest BCUT2D eigenvalue weighted by molar-refractivity contribution is 7.11. The Labute approximate surface area is 151 Å². The third kappa shape index (κ3) is 6.42. The molecule has 2 aromatic rings. The van der Waals surface area contributed by atoms with Gasteiger partial charge in [0.05, 0.1) is 5.01 Å². The molecule has 0 atom stereocenters. The molecule has 0 aliphatic carbocycles. The van der Waals surface area contributed by atoms with E-state index < -0.39 is 11.6 Å². The van der Waals surface area contributed by atoms with E-state index in [2.05, 4.69) is 27.5 Å². The fourth-order valence-corrected chi connectivity index (χ4v) is 3.12. The molecule has 2 N–H and O–H groups in total. The summed E-state index contributed by atoms with van der Waals surface area (Å²) in [5.41, 5.74) is 0.486. The summed E-state index contributed by atoms with van der Waals surface area (Å²) >= 11 is 1.72. The molecule has 25 heavy (non-hydrogen) atoms. The lowest BCUT2D eigenvalue weighted by atomic mass is 10.1. The summed E-state index contributed by atoms with van der Waals surface area (Å²) < 4.78 is 26.5. The van der Waals surface area contributed by atoms with Gasteiger partial charge in [0.25, 0.3) is 0 Å². The first-order chi connectivity index (χ1) is 12.1. The maximum atomic E-state index is 13.6. The van der Waals surface area contributed by atoms with E-state index in [1.807, 2.05) is 13.1 Å². The van der Waals surface area contributed by atoms with Crippen molar-refractivity contribution in [2.75, 3.05) is 19.6 Å². The van der Waals surface area contributed by atoms with Crippen LogP contribution in [0.2, 0.25) is 0 Å². The molecule has 1 heterocycles. The van der Waals surface area contributed by atoms with Crippen molar-refractivity contribution in [1.82, 2.24) is 15.6 Å². The summed E-state index contributed by atoms with van der Waals surface area (Å²) in [5.74, 6) is -0.381. The summed E-state index contributed by atoms with van der Waals surface area (Å²) in [6, 6.07) is 3.66. The number of thiazole rings is 1. The van der Waals surface area contributed by atoms with E-state index in [4.69, 9.17) is 0 Å². The molecule has 7 heteroatoms. The van der Waals surface area contributed by atoms with E-state index in [0.717, 1.165) is 30.5 Å². The van der Waals surface area contributed by atoms with Crippen LogP contribution in [0.1, 0.15) is 29.3 Å². The highest BCUT2D eigenvalue weighted by atomic mass is 32.1. The van der Waals surface area contributed by atoms with Gasteiger partial charge < -0.3 is 10.6 Å². The standard InChI is InChI=1S/C18H24F2N4S/c1-3-15-12-24-17(25-15)8-10-23-18(21-4-2)22-9-7-13-5-6-14(19)11-16(13)20/h5-6,11-12H,3-4,7-10H2,1-2H3,(H2,21,22,23). The highest BCUT2D eigenvalue weighted by Gasteiger charge is 2.05. The zero-order valence-electron chi connectivity index (χ0n) is 14.6. The quantitative estimate of drug-likeness (QED) is 0.557. The van der Waals surface area contributed by atoms with Crippen LogP contribution >= 0.6 is 11.3 Å². The molecule has 0 fully saturated rings. The third-order valence-electron chi connectivity index (χ3n) is 3.59. The molecule has 0 aliphatic rings. The van der Waals surface area contributed by atoms with Gasteiger partial charge in [-0.05, 0) is 31.4 Å². The van der Waals surface area contributed by atoms with Gasteiger partial charge >= 0.3 is 0 Å². The maximum absolute atomic E-state index is 13.6. The number of rotatable bonds is 8. The van der Waals surface area contributed by atoms with E-state index in [-0.39, 0.29) is 0 Å². The zero-order valence-corrected chi connectivity index (χ0v) is 15.4. The van der Waals surface area contributed by atoms with Gasteiger partial charge in [-0.25, -0.2) is 13.8 Å². The van der Waals surface area contributed by atoms with E-state index in [1.54, 1.807) is 11.3 Å². The molecule has 0 radical (unpaired) electrons. The van der Waals surface area contributed by atoms with Crippen LogP contribution in [0.4, 0.5) is 8.78 Å². The Bertz CT molecular complexity index is 700. The van der Waals surface area contributed by atoms with Gasteiger partial charge in [-0.2, -0.15) is 0 Å². The monoisotopic (exact) mass is 366 g/mol. The second-order valence-corrected chi connectivity index (χ2v) is 6.70. The van der Waals surface area contributed by atoms with Crippen molar-refractivity contribution in [2.45, 2.75) is 33.1 Å². The molecule has 0 saturated carbocycles. The molecule has 1 aromatic carbocycles. The van der Waals surface area contributed by atoms with Crippen LogP contribution in [0.3, 0.4) is 0 Å². The normalized spacial score (nSPS) is 11.6. The lowest BCUT2D eigenvalue weighted by molar-refractivity contribution is 0.570. The van der Waals surface area contributed by atoms with Crippen LogP contribution in [0, 0.1) is 11.6 Å². The number of hydrogen-bond acceptors (Lipinski definition) is 3. The first kappa shape index (κ1) is 19.3. The Hall–Kier alpha value is -2.02. The Morgan fingerprint density at radius 3 is 2.72 bits per heavy atom. The molecule has 0 saturated heterocycles. The van der Waals surface area contributed by atoms with Crippen LogP contribution in [0.15, 0.2) is 29.4 Å². The highest BCUT2D eigenvalue weighted by Crippen LogP contribution is 2.13. The molecule has 136 valence electrons. The number of aromatic nitrogens is 1. The predicted octanol–water partition coefficient (Wildman–Crippen LogP) is 3.32. The number of nitrogens with one attached hydrogen (secondary N) is 2. The minimum atomic E-state index is -0.558. The van der Waals surface area contributed by atoms with Gasteiger partial charge in [-0.3, -0.25) is 4.99 Å². The van der Waals surface area contributed by atoms with Gasteiger partial charge in [0.2, 0.25) is 0 Å². The van der Waals surface area contributed by atoms with Crippen molar-refractivity contribution in [3.05, 3.63) is 51.5 Å². The molecule has 0 spiro atoms. The smallest absolute Gasteiger partial charge is 0.191 e. The van der Waals surface area contributed by atoms with E-state index in [9.17, 15) is 8.78 Å². The minimum Gasteiger partial charge on any atom is -0.357 e. The molecule has 0 aliphatic heterocycles. The number of nitrogens with zero attached hydrogens (tertiary/aromatic N) is 2. The molecular weight excluding hydrogens is 342 g/mol. The molecule has 1 aromatic heterocycles. The average molecular weight is 366 g/mol. The maximum Gasteiger partial charge on any atom is 0.191 e. The van der Waals surface area contributed by atoms with Crippen molar-refractivity contribution in [3.8, 4) is 0 Å². The number of guanidine groups is 1. The van der Waals surface area contributed by atoms with Crippen molar-refractivity contribution < 1.29 is 8.78 Å². The molecule has 0 amide bonds. The summed E-state index contributed by atoms with van der Waals surface area (Å²) in [5, 5.41) is 7.43. The Morgan fingerprint density at radius 2 is 2.04 bits per heavy atom. The van der Waals surface area contributed by atoms with Gasteiger partial charge in [-0.15, -0.1) is 11.3 Å². The van der Waals surface area contributed by atoms with Crippen LogP contribution < -0.4 is 10.6 Å². The number of hydrogen-bond donors (Lipinski definition) is 2. The Balaban J connectivity index is 1.82. The summed E-state index contributed by atoms with van der Waals surface area (Å²) in [4.78, 5) is 10.2. The number of aliphatic imine (C=N–C) groups is 1.